The van der Waals surface area contributed by atoms with Crippen LogP contribution in [0.3, 0.4) is 0 Å². The van der Waals surface area contributed by atoms with Crippen LogP contribution in [0.4, 0.5) is 0 Å². The Morgan fingerprint density at radius 2 is 1.22 bits per heavy atom. The Balaban J connectivity index is 1.19. The van der Waals surface area contributed by atoms with Gasteiger partial charge in [-0.1, -0.05) is 117 Å². The molecule has 23 nitrogen and oxygen atoms in total. The van der Waals surface area contributed by atoms with Crippen LogP contribution < -0.4 is 20.1 Å². The van der Waals surface area contributed by atoms with E-state index >= 15 is 9.59 Å². The normalized spacial score (nSPS) is 25.4. The molecule has 2 bridgehead atoms. The minimum atomic E-state index is -2.66. The van der Waals surface area contributed by atoms with Crippen molar-refractivity contribution in [2.75, 3.05) is 19.8 Å². The molecule has 1 heterocycles. The summed E-state index contributed by atoms with van der Waals surface area (Å²) in [6.45, 7) is 5.97. The van der Waals surface area contributed by atoms with Gasteiger partial charge in [0.2, 0.25) is 12.0 Å². The second-order valence-corrected chi connectivity index (χ2v) is 23.5. The SMILES string of the molecule is CC(=O)O[C@H]1C(=O)[C@]2(C)[C@@H](OC(=O)COc3ccccc3)C[C@H]3OC[C@@]3(OC(C)=O)[C@H]2[C@H](OC(=O)c2ccccc2)[C@]2(O)C[C@H](OC(=O)[C@H](OC(=O)COc3ccccc3)[C@@H](NC(=O)[C@@H](CCC(=O)O)NC(=O)c3ccccc3)c3ccccc3)C(C)=C1C2(C)C. The number of fused-ring (bicyclic) bond motifs is 5. The van der Waals surface area contributed by atoms with Gasteiger partial charge >= 0.3 is 41.8 Å². The van der Waals surface area contributed by atoms with Crippen molar-refractivity contribution in [1.29, 1.82) is 0 Å². The van der Waals surface area contributed by atoms with Gasteiger partial charge in [0.25, 0.3) is 5.91 Å². The van der Waals surface area contributed by atoms with E-state index in [0.717, 1.165) is 13.8 Å². The minimum absolute atomic E-state index is 0.00637. The van der Waals surface area contributed by atoms with Crippen LogP contribution in [-0.2, 0) is 71.5 Å². The van der Waals surface area contributed by atoms with Crippen molar-refractivity contribution in [1.82, 2.24) is 10.6 Å². The third kappa shape index (κ3) is 13.9. The topological polar surface area (TPSA) is 318 Å². The van der Waals surface area contributed by atoms with Gasteiger partial charge in [0, 0.05) is 44.1 Å². The molecule has 478 valence electrons. The number of aliphatic hydroxyl groups is 1. The van der Waals surface area contributed by atoms with Crippen LogP contribution in [0.15, 0.2) is 163 Å². The zero-order chi connectivity index (χ0) is 65.4. The van der Waals surface area contributed by atoms with E-state index in [-0.39, 0.29) is 40.0 Å². The van der Waals surface area contributed by atoms with Gasteiger partial charge in [0.15, 0.2) is 30.7 Å². The summed E-state index contributed by atoms with van der Waals surface area (Å²) in [5, 5.41) is 29.5. The van der Waals surface area contributed by atoms with Crippen LogP contribution in [0.25, 0.3) is 0 Å². The van der Waals surface area contributed by atoms with Gasteiger partial charge in [-0.15, -0.1) is 0 Å². The summed E-state index contributed by atoms with van der Waals surface area (Å²) in [6.07, 6.45) is -13.1. The number of esters is 6. The van der Waals surface area contributed by atoms with Crippen molar-refractivity contribution < 1.29 is 101 Å². The van der Waals surface area contributed by atoms with Crippen LogP contribution in [0.1, 0.15) is 99.5 Å². The van der Waals surface area contributed by atoms with Crippen molar-refractivity contribution in [3.8, 4) is 11.5 Å². The lowest BCUT2D eigenvalue weighted by Gasteiger charge is -2.67. The summed E-state index contributed by atoms with van der Waals surface area (Å²) in [4.78, 5) is 143. The molecule has 1 saturated heterocycles. The number of nitrogens with one attached hydrogen (secondary N) is 2. The smallest absolute Gasteiger partial charge is 0.350 e. The van der Waals surface area contributed by atoms with Crippen LogP contribution >= 0.6 is 0 Å². The molecule has 0 unspecified atom stereocenters. The molecule has 3 aliphatic carbocycles. The predicted octanol–water partition coefficient (Wildman–Crippen LogP) is 6.35. The maximum Gasteiger partial charge on any atom is 0.350 e. The fourth-order valence-electron chi connectivity index (χ4n) is 12.9. The summed E-state index contributed by atoms with van der Waals surface area (Å²) in [5.41, 5.74) is -8.79. The van der Waals surface area contributed by atoms with Crippen molar-refractivity contribution in [3.05, 3.63) is 179 Å². The van der Waals surface area contributed by atoms with Crippen LogP contribution in [0.5, 0.6) is 11.5 Å². The van der Waals surface area contributed by atoms with Gasteiger partial charge in [0.1, 0.15) is 53.6 Å². The van der Waals surface area contributed by atoms with E-state index in [4.69, 9.17) is 42.6 Å². The molecule has 5 aromatic carbocycles. The van der Waals surface area contributed by atoms with Gasteiger partial charge in [0.05, 0.1) is 23.5 Å². The van der Waals surface area contributed by atoms with Crippen LogP contribution in [-0.4, -0.2) is 143 Å². The highest BCUT2D eigenvalue weighted by molar-refractivity contribution is 5.98. The molecular formula is C68H70N2O21. The molecule has 91 heavy (non-hydrogen) atoms. The summed E-state index contributed by atoms with van der Waals surface area (Å²) in [6, 6.07) is 36.1. The Hall–Kier alpha value is -9.74. The first-order chi connectivity index (χ1) is 43.4. The fraction of sp³-hybridized carbons (Fsp3) is 0.382. The third-order valence-electron chi connectivity index (χ3n) is 17.4. The first-order valence-electron chi connectivity index (χ1n) is 29.5. The summed E-state index contributed by atoms with van der Waals surface area (Å²) >= 11 is 0. The third-order valence-corrected chi connectivity index (χ3v) is 17.4. The van der Waals surface area contributed by atoms with Gasteiger partial charge in [-0.3, -0.25) is 28.8 Å². The van der Waals surface area contributed by atoms with E-state index in [1.807, 2.05) is 0 Å². The Bertz CT molecular complexity index is 3570. The molecule has 2 saturated carbocycles. The average Bonchev–Trinajstić information content (AvgIpc) is 0.670. The molecule has 3 fully saturated rings. The number of hydrogen-bond donors (Lipinski definition) is 4. The molecular weight excluding hydrogens is 1180 g/mol. The fourth-order valence-corrected chi connectivity index (χ4v) is 12.9. The van der Waals surface area contributed by atoms with E-state index in [2.05, 4.69) is 10.6 Å². The van der Waals surface area contributed by atoms with Gasteiger partial charge in [-0.05, 0) is 85.5 Å². The average molecular weight is 1250 g/mol. The number of carboxylic acids is 1. The number of hydrogen-bond acceptors (Lipinski definition) is 20. The second-order valence-electron chi connectivity index (χ2n) is 23.5. The number of para-hydroxylation sites is 2. The number of ketones is 1. The number of ether oxygens (including phenoxy) is 9. The highest BCUT2D eigenvalue weighted by Gasteiger charge is 2.79. The molecule has 9 rings (SSSR count). The lowest BCUT2D eigenvalue weighted by Crippen LogP contribution is -2.82. The zero-order valence-corrected chi connectivity index (χ0v) is 50.7. The quantitative estimate of drug-likeness (QED) is 0.0315. The van der Waals surface area contributed by atoms with Crippen molar-refractivity contribution >= 4 is 59.4 Å². The lowest BCUT2D eigenvalue weighted by atomic mass is 9.44. The number of carbonyl (C=O) groups is 10. The van der Waals surface area contributed by atoms with E-state index in [9.17, 15) is 48.6 Å². The summed E-state index contributed by atoms with van der Waals surface area (Å²) < 4.78 is 55.3. The number of Topliss-reactive ketones (excluding diaryl/α,β-unsaturated/α-hetero) is 1. The van der Waals surface area contributed by atoms with Crippen molar-refractivity contribution in [2.45, 2.75) is 127 Å². The van der Waals surface area contributed by atoms with Crippen LogP contribution in [0.2, 0.25) is 0 Å². The maximum absolute atomic E-state index is 16.5. The molecule has 4 aliphatic rings. The monoisotopic (exact) mass is 1250 g/mol. The molecule has 12 atom stereocenters. The molecule has 23 heteroatoms. The van der Waals surface area contributed by atoms with E-state index in [0.29, 0.717) is 5.75 Å². The molecule has 2 amide bonds. The number of amides is 2. The highest BCUT2D eigenvalue weighted by atomic mass is 16.6. The Kier molecular flexibility index (Phi) is 19.9. The summed E-state index contributed by atoms with van der Waals surface area (Å²) in [7, 11) is 0. The van der Waals surface area contributed by atoms with Crippen LogP contribution in [0, 0.1) is 16.7 Å². The largest absolute Gasteiger partial charge is 0.482 e. The van der Waals surface area contributed by atoms with E-state index in [1.165, 1.54) is 64.1 Å². The Labute approximate surface area is 523 Å². The van der Waals surface area contributed by atoms with Gasteiger partial charge in [-0.2, -0.15) is 0 Å². The second kappa shape index (κ2) is 27.6. The van der Waals surface area contributed by atoms with Crippen molar-refractivity contribution in [3.63, 3.8) is 0 Å². The van der Waals surface area contributed by atoms with Crippen molar-refractivity contribution in [2.24, 2.45) is 16.7 Å². The molecule has 0 aromatic heterocycles. The van der Waals surface area contributed by atoms with Gasteiger partial charge in [-0.25, -0.2) is 19.2 Å². The lowest BCUT2D eigenvalue weighted by molar-refractivity contribution is -0.346. The zero-order valence-electron chi connectivity index (χ0n) is 50.7. The Morgan fingerprint density at radius 3 is 1.76 bits per heavy atom. The number of rotatable bonds is 23. The molecule has 0 radical (unpaired) electrons. The molecule has 1 aliphatic heterocycles. The standard InChI is InChI=1S/C68H70N2O21/c1-39-48(87-64(81)57(89-53(76)37-84-46-30-20-11-21-31-46)55(42-22-12-7-13-23-42)70-62(79)47(32-33-51(73)74)69-61(78)43-24-14-8-15-25-43)35-68(82)60(90-63(80)44-26-16-9-17-27-44)58-66(6,59(77)56(86-40(2)71)54(39)65(68,4)5)49(34-50-67(58,38-85-50)91-41(3)72)88-52(75)36-83-45-28-18-10-19-29-45/h7-31,47-50,55-58,60,82H,32-38H2,1-6H3,(H,69,78)(H,70,79)(H,73,74)/t47-,48+,49+,50-,55+,56-,57-,58+,60+,66-,67+,68-/m1/s1. The first kappa shape index (κ1) is 65.7. The highest BCUT2D eigenvalue weighted by Crippen LogP contribution is 2.65. The Morgan fingerprint density at radius 1 is 0.670 bits per heavy atom. The number of carboxylic acid groups (broad SMARTS) is 1. The molecule has 4 N–H and O–H groups in total. The molecule has 5 aromatic rings. The predicted molar refractivity (Wildman–Crippen MR) is 318 cm³/mol. The van der Waals surface area contributed by atoms with E-state index in [1.54, 1.807) is 115 Å². The van der Waals surface area contributed by atoms with E-state index < -0.39 is 175 Å². The number of aliphatic carboxylic acids is 1. The first-order valence-corrected chi connectivity index (χ1v) is 29.5. The maximum atomic E-state index is 16.5. The number of benzene rings is 5. The number of carbonyl (C=O) groups excluding carboxylic acids is 9. The summed E-state index contributed by atoms with van der Waals surface area (Å²) in [5.74, 6) is -11.9. The minimum Gasteiger partial charge on any atom is -0.482 e. The van der Waals surface area contributed by atoms with Gasteiger partial charge < -0.3 is 63.5 Å². The molecule has 0 spiro atoms.